The number of rotatable bonds is 4. The van der Waals surface area contributed by atoms with Crippen LogP contribution in [0, 0.1) is 0 Å². The van der Waals surface area contributed by atoms with Crippen molar-refractivity contribution in [1.29, 1.82) is 0 Å². The van der Waals surface area contributed by atoms with E-state index in [0.717, 1.165) is 43.6 Å². The van der Waals surface area contributed by atoms with Gasteiger partial charge < -0.3 is 15.1 Å². The van der Waals surface area contributed by atoms with Gasteiger partial charge in [-0.2, -0.15) is 4.98 Å². The molecule has 1 aromatic heterocycles. The van der Waals surface area contributed by atoms with Crippen molar-refractivity contribution < 1.29 is 0 Å². The first-order valence-electron chi connectivity index (χ1n) is 8.68. The fourth-order valence-electron chi connectivity index (χ4n) is 3.09. The van der Waals surface area contributed by atoms with E-state index in [0.29, 0.717) is 5.02 Å². The fourth-order valence-corrected chi connectivity index (χ4v) is 3.28. The van der Waals surface area contributed by atoms with Crippen LogP contribution in [-0.4, -0.2) is 36.1 Å². The van der Waals surface area contributed by atoms with Gasteiger partial charge in [-0.15, -0.1) is 0 Å². The van der Waals surface area contributed by atoms with Crippen LogP contribution in [0.15, 0.2) is 66.9 Å². The standard InChI is InChI=1S/C20H20ClN5/c21-16-5-4-6-17(15-16)23-19-9-10-22-20(24-19)26-13-11-25(12-14-26)18-7-2-1-3-8-18/h1-10,15H,11-14H2,(H,22,23,24). The monoisotopic (exact) mass is 365 g/mol. The van der Waals surface area contributed by atoms with Crippen LogP contribution in [0.1, 0.15) is 0 Å². The molecule has 0 unspecified atom stereocenters. The molecule has 1 N–H and O–H groups in total. The molecule has 0 bridgehead atoms. The number of piperazine rings is 1. The van der Waals surface area contributed by atoms with Crippen molar-refractivity contribution in [3.63, 3.8) is 0 Å². The summed E-state index contributed by atoms with van der Waals surface area (Å²) >= 11 is 6.04. The maximum absolute atomic E-state index is 6.04. The summed E-state index contributed by atoms with van der Waals surface area (Å²) in [6, 6.07) is 20.0. The highest BCUT2D eigenvalue weighted by Crippen LogP contribution is 2.21. The Balaban J connectivity index is 1.43. The summed E-state index contributed by atoms with van der Waals surface area (Å²) in [5.74, 6) is 1.52. The minimum absolute atomic E-state index is 0.696. The van der Waals surface area contributed by atoms with Crippen molar-refractivity contribution in [3.05, 3.63) is 71.9 Å². The van der Waals surface area contributed by atoms with Crippen LogP contribution in [0.5, 0.6) is 0 Å². The largest absolute Gasteiger partial charge is 0.368 e. The van der Waals surface area contributed by atoms with E-state index in [1.54, 1.807) is 6.20 Å². The first-order valence-corrected chi connectivity index (χ1v) is 9.06. The number of aromatic nitrogens is 2. The lowest BCUT2D eigenvalue weighted by Gasteiger charge is -2.36. The highest BCUT2D eigenvalue weighted by molar-refractivity contribution is 6.30. The van der Waals surface area contributed by atoms with Gasteiger partial charge in [0.15, 0.2) is 0 Å². The molecule has 0 amide bonds. The summed E-state index contributed by atoms with van der Waals surface area (Å²) in [7, 11) is 0. The van der Waals surface area contributed by atoms with Gasteiger partial charge in [0.05, 0.1) is 0 Å². The highest BCUT2D eigenvalue weighted by atomic mass is 35.5. The van der Waals surface area contributed by atoms with E-state index in [2.05, 4.69) is 49.4 Å². The Hall–Kier alpha value is -2.79. The summed E-state index contributed by atoms with van der Waals surface area (Å²) < 4.78 is 0. The quantitative estimate of drug-likeness (QED) is 0.750. The second-order valence-electron chi connectivity index (χ2n) is 6.19. The van der Waals surface area contributed by atoms with E-state index in [-0.39, 0.29) is 0 Å². The molecule has 0 aliphatic carbocycles. The van der Waals surface area contributed by atoms with Crippen LogP contribution in [0.4, 0.5) is 23.1 Å². The zero-order valence-electron chi connectivity index (χ0n) is 14.3. The molecule has 0 radical (unpaired) electrons. The molecule has 6 heteroatoms. The fraction of sp³-hybridized carbons (Fsp3) is 0.200. The van der Waals surface area contributed by atoms with E-state index in [9.17, 15) is 0 Å². The smallest absolute Gasteiger partial charge is 0.227 e. The molecule has 1 fully saturated rings. The SMILES string of the molecule is Clc1cccc(Nc2ccnc(N3CCN(c4ccccc4)CC3)n2)c1. The summed E-state index contributed by atoms with van der Waals surface area (Å²) in [5.41, 5.74) is 2.18. The first kappa shape index (κ1) is 16.7. The third-order valence-corrected chi connectivity index (χ3v) is 4.66. The van der Waals surface area contributed by atoms with Crippen molar-refractivity contribution in [2.75, 3.05) is 41.3 Å². The lowest BCUT2D eigenvalue weighted by Crippen LogP contribution is -2.47. The van der Waals surface area contributed by atoms with Crippen LogP contribution in [0.2, 0.25) is 5.02 Å². The van der Waals surface area contributed by atoms with E-state index in [4.69, 9.17) is 11.6 Å². The average Bonchev–Trinajstić information content (AvgIpc) is 2.69. The number of nitrogens with zero attached hydrogens (tertiary/aromatic N) is 4. The number of halogens is 1. The number of para-hydroxylation sites is 1. The second-order valence-corrected chi connectivity index (χ2v) is 6.62. The predicted octanol–water partition coefficient (Wildman–Crippen LogP) is 4.20. The Morgan fingerprint density at radius 3 is 2.38 bits per heavy atom. The molecule has 132 valence electrons. The number of hydrogen-bond acceptors (Lipinski definition) is 5. The molecule has 1 aliphatic heterocycles. The van der Waals surface area contributed by atoms with E-state index >= 15 is 0 Å². The second kappa shape index (κ2) is 7.62. The first-order chi connectivity index (χ1) is 12.8. The third-order valence-electron chi connectivity index (χ3n) is 4.42. The summed E-state index contributed by atoms with van der Waals surface area (Å²) in [4.78, 5) is 13.7. The van der Waals surface area contributed by atoms with Crippen molar-refractivity contribution in [1.82, 2.24) is 9.97 Å². The minimum Gasteiger partial charge on any atom is -0.368 e. The van der Waals surface area contributed by atoms with Gasteiger partial charge in [0, 0.05) is 48.8 Å². The summed E-state index contributed by atoms with van der Waals surface area (Å²) in [6.45, 7) is 3.71. The molecule has 1 saturated heterocycles. The number of benzene rings is 2. The third kappa shape index (κ3) is 3.89. The molecule has 3 aromatic rings. The van der Waals surface area contributed by atoms with Gasteiger partial charge in [0.1, 0.15) is 5.82 Å². The zero-order chi connectivity index (χ0) is 17.8. The molecular formula is C20H20ClN5. The Morgan fingerprint density at radius 1 is 0.846 bits per heavy atom. The minimum atomic E-state index is 0.696. The van der Waals surface area contributed by atoms with Gasteiger partial charge in [0.2, 0.25) is 5.95 Å². The molecule has 0 spiro atoms. The molecule has 0 saturated carbocycles. The van der Waals surface area contributed by atoms with Crippen LogP contribution >= 0.6 is 11.6 Å². The Morgan fingerprint density at radius 2 is 1.62 bits per heavy atom. The van der Waals surface area contributed by atoms with Crippen molar-refractivity contribution in [2.24, 2.45) is 0 Å². The Bertz CT molecular complexity index is 863. The molecule has 5 nitrogen and oxygen atoms in total. The molecule has 26 heavy (non-hydrogen) atoms. The number of anilines is 4. The van der Waals surface area contributed by atoms with Gasteiger partial charge in [-0.05, 0) is 36.4 Å². The number of hydrogen-bond donors (Lipinski definition) is 1. The highest BCUT2D eigenvalue weighted by Gasteiger charge is 2.19. The Kier molecular flexibility index (Phi) is 4.88. The maximum Gasteiger partial charge on any atom is 0.227 e. The van der Waals surface area contributed by atoms with Crippen LogP contribution < -0.4 is 15.1 Å². The van der Waals surface area contributed by atoms with Crippen molar-refractivity contribution in [2.45, 2.75) is 0 Å². The topological polar surface area (TPSA) is 44.3 Å². The predicted molar refractivity (Wildman–Crippen MR) is 108 cm³/mol. The van der Waals surface area contributed by atoms with Gasteiger partial charge in [0.25, 0.3) is 0 Å². The van der Waals surface area contributed by atoms with Crippen molar-refractivity contribution in [3.8, 4) is 0 Å². The molecule has 0 atom stereocenters. The molecule has 2 heterocycles. The molecule has 2 aromatic carbocycles. The van der Waals surface area contributed by atoms with Gasteiger partial charge >= 0.3 is 0 Å². The Labute approximate surface area is 158 Å². The van der Waals surface area contributed by atoms with E-state index in [1.165, 1.54) is 5.69 Å². The maximum atomic E-state index is 6.04. The van der Waals surface area contributed by atoms with Crippen LogP contribution in [0.3, 0.4) is 0 Å². The number of nitrogens with one attached hydrogen (secondary N) is 1. The lowest BCUT2D eigenvalue weighted by molar-refractivity contribution is 0.640. The van der Waals surface area contributed by atoms with Crippen molar-refractivity contribution >= 4 is 34.7 Å². The summed E-state index contributed by atoms with van der Waals surface area (Å²) in [5, 5.41) is 3.98. The lowest BCUT2D eigenvalue weighted by atomic mass is 10.2. The van der Waals surface area contributed by atoms with Gasteiger partial charge in [-0.3, -0.25) is 0 Å². The van der Waals surface area contributed by atoms with E-state index < -0.39 is 0 Å². The van der Waals surface area contributed by atoms with Gasteiger partial charge in [-0.25, -0.2) is 4.98 Å². The molecule has 4 rings (SSSR count). The molecule has 1 aliphatic rings. The normalized spacial score (nSPS) is 14.3. The van der Waals surface area contributed by atoms with E-state index in [1.807, 2.05) is 36.4 Å². The molecular weight excluding hydrogens is 346 g/mol. The summed E-state index contributed by atoms with van der Waals surface area (Å²) in [6.07, 6.45) is 1.79. The van der Waals surface area contributed by atoms with Crippen LogP contribution in [0.25, 0.3) is 0 Å². The van der Waals surface area contributed by atoms with Gasteiger partial charge in [-0.1, -0.05) is 35.9 Å². The zero-order valence-corrected chi connectivity index (χ0v) is 15.1. The van der Waals surface area contributed by atoms with Crippen LogP contribution in [-0.2, 0) is 0 Å². The average molecular weight is 366 g/mol.